The second-order valence-electron chi connectivity index (χ2n) is 8.82. The summed E-state index contributed by atoms with van der Waals surface area (Å²) in [5.74, 6) is 0.114. The molecule has 2 N–H and O–H groups in total. The lowest BCUT2D eigenvalue weighted by Crippen LogP contribution is -2.19. The van der Waals surface area contributed by atoms with E-state index in [1.807, 2.05) is 39.0 Å². The Labute approximate surface area is 201 Å². The van der Waals surface area contributed by atoms with E-state index in [-0.39, 0.29) is 11.9 Å². The topological polar surface area (TPSA) is 70.9 Å². The van der Waals surface area contributed by atoms with E-state index in [1.54, 1.807) is 38.4 Å². The van der Waals surface area contributed by atoms with Crippen LogP contribution in [0.15, 0.2) is 53.3 Å². The third-order valence-corrected chi connectivity index (χ3v) is 6.28. The summed E-state index contributed by atoms with van der Waals surface area (Å²) in [5.41, 5.74) is 4.93. The molecule has 0 saturated carbocycles. The van der Waals surface area contributed by atoms with Crippen LogP contribution in [0, 0.1) is 19.7 Å². The first-order valence-corrected chi connectivity index (χ1v) is 11.5. The van der Waals surface area contributed by atoms with Gasteiger partial charge < -0.3 is 10.4 Å². The van der Waals surface area contributed by atoms with Crippen molar-refractivity contribution in [2.45, 2.75) is 46.3 Å². The second kappa shape index (κ2) is 8.80. The molecule has 0 aliphatic heterocycles. The molecule has 0 fully saturated rings. The molecule has 7 heteroatoms. The molecule has 5 nitrogen and oxygen atoms in total. The number of aromatic nitrogens is 3. The van der Waals surface area contributed by atoms with E-state index < -0.39 is 5.60 Å². The monoisotopic (exact) mass is 508 g/mol. The summed E-state index contributed by atoms with van der Waals surface area (Å²) in [5, 5.41) is 14.6. The van der Waals surface area contributed by atoms with E-state index in [4.69, 9.17) is 4.98 Å². The molecular weight excluding hydrogens is 483 g/mol. The third-order valence-electron chi connectivity index (χ3n) is 5.79. The van der Waals surface area contributed by atoms with Gasteiger partial charge in [-0.2, -0.15) is 0 Å². The highest BCUT2D eigenvalue weighted by Gasteiger charge is 2.20. The molecule has 4 rings (SSSR count). The molecule has 0 amide bonds. The molecule has 170 valence electrons. The zero-order valence-corrected chi connectivity index (χ0v) is 20.8. The number of halogens is 2. The Balaban J connectivity index is 1.79. The summed E-state index contributed by atoms with van der Waals surface area (Å²) in [6.07, 6.45) is 3.42. The maximum atomic E-state index is 14.5. The van der Waals surface area contributed by atoms with E-state index in [1.165, 1.54) is 6.07 Å². The molecule has 1 atom stereocenters. The second-order valence-corrected chi connectivity index (χ2v) is 9.73. The zero-order valence-electron chi connectivity index (χ0n) is 19.2. The van der Waals surface area contributed by atoms with Gasteiger partial charge >= 0.3 is 0 Å². The summed E-state index contributed by atoms with van der Waals surface area (Å²) in [6.45, 7) is 9.24. The number of fused-ring (bicyclic) bond motifs is 1. The number of aryl methyl sites for hydroxylation is 1. The molecule has 0 spiro atoms. The number of nitrogens with zero attached hydrogens (tertiary/aromatic N) is 3. The van der Waals surface area contributed by atoms with Gasteiger partial charge in [0.1, 0.15) is 11.4 Å². The highest BCUT2D eigenvalue weighted by atomic mass is 79.9. The van der Waals surface area contributed by atoms with Crippen LogP contribution in [0.4, 0.5) is 10.1 Å². The van der Waals surface area contributed by atoms with Gasteiger partial charge in [-0.25, -0.2) is 14.4 Å². The van der Waals surface area contributed by atoms with Crippen molar-refractivity contribution in [2.24, 2.45) is 0 Å². The Bertz CT molecular complexity index is 1330. The Kier molecular flexibility index (Phi) is 6.20. The average Bonchev–Trinajstić information content (AvgIpc) is 2.77. The summed E-state index contributed by atoms with van der Waals surface area (Å²) < 4.78 is 15.3. The van der Waals surface area contributed by atoms with Crippen LogP contribution in [-0.2, 0) is 5.60 Å². The number of rotatable bonds is 5. The van der Waals surface area contributed by atoms with Gasteiger partial charge in [-0.3, -0.25) is 4.98 Å². The quantitative estimate of drug-likeness (QED) is 0.317. The molecule has 0 saturated heterocycles. The molecule has 2 aromatic heterocycles. The van der Waals surface area contributed by atoms with E-state index in [0.717, 1.165) is 43.4 Å². The van der Waals surface area contributed by atoms with Crippen LogP contribution in [0.25, 0.3) is 22.0 Å². The lowest BCUT2D eigenvalue weighted by atomic mass is 10.0. The van der Waals surface area contributed by atoms with Gasteiger partial charge in [0.15, 0.2) is 5.82 Å². The fourth-order valence-corrected chi connectivity index (χ4v) is 4.16. The molecule has 0 aliphatic carbocycles. The number of anilines is 1. The smallest absolute Gasteiger partial charge is 0.159 e. The van der Waals surface area contributed by atoms with Crippen LogP contribution in [0.2, 0.25) is 0 Å². The van der Waals surface area contributed by atoms with Gasteiger partial charge in [0, 0.05) is 44.8 Å². The molecule has 1 unspecified atom stereocenters. The molecule has 0 aliphatic rings. The number of hydrogen-bond donors (Lipinski definition) is 2. The predicted molar refractivity (Wildman–Crippen MR) is 134 cm³/mol. The molecule has 0 bridgehead atoms. The summed E-state index contributed by atoms with van der Waals surface area (Å²) >= 11 is 3.44. The molecule has 2 aromatic carbocycles. The standard InChI is InChI=1S/C26H26BrFN4O/c1-14-15(2)31-23-9-6-17(18-12-29-25(30-13-18)26(4,5)33)10-21(23)24(14)32-16(3)20-11-19(27)7-8-22(20)28/h6-13,16,33H,1-5H3,(H,31,32). The largest absolute Gasteiger partial charge is 0.382 e. The maximum Gasteiger partial charge on any atom is 0.159 e. The van der Waals surface area contributed by atoms with Crippen LogP contribution < -0.4 is 5.32 Å². The normalized spacial score (nSPS) is 12.7. The highest BCUT2D eigenvalue weighted by molar-refractivity contribution is 9.10. The van der Waals surface area contributed by atoms with Gasteiger partial charge in [-0.05, 0) is 76.1 Å². The van der Waals surface area contributed by atoms with Crippen LogP contribution in [-0.4, -0.2) is 20.1 Å². The highest BCUT2D eigenvalue weighted by Crippen LogP contribution is 2.34. The van der Waals surface area contributed by atoms with Gasteiger partial charge in [0.2, 0.25) is 0 Å². The minimum atomic E-state index is -1.10. The Morgan fingerprint density at radius 2 is 1.73 bits per heavy atom. The van der Waals surface area contributed by atoms with Gasteiger partial charge in [-0.15, -0.1) is 0 Å². The van der Waals surface area contributed by atoms with E-state index in [0.29, 0.717) is 11.4 Å². The van der Waals surface area contributed by atoms with Gasteiger partial charge in [-0.1, -0.05) is 22.0 Å². The Morgan fingerprint density at radius 1 is 1.03 bits per heavy atom. The van der Waals surface area contributed by atoms with Crippen molar-refractivity contribution in [3.8, 4) is 11.1 Å². The minimum absolute atomic E-state index is 0.254. The van der Waals surface area contributed by atoms with Crippen LogP contribution >= 0.6 is 15.9 Å². The number of aliphatic hydroxyl groups is 1. The fourth-order valence-electron chi connectivity index (χ4n) is 3.78. The number of hydrogen-bond acceptors (Lipinski definition) is 5. The van der Waals surface area contributed by atoms with Crippen molar-refractivity contribution in [1.82, 2.24) is 15.0 Å². The SMILES string of the molecule is Cc1nc2ccc(-c3cnc(C(C)(C)O)nc3)cc2c(NC(C)c2cc(Br)ccc2F)c1C. The fraction of sp³-hybridized carbons (Fsp3) is 0.269. The van der Waals surface area contributed by atoms with E-state index in [9.17, 15) is 9.50 Å². The number of benzene rings is 2. The zero-order chi connectivity index (χ0) is 23.9. The van der Waals surface area contributed by atoms with Gasteiger partial charge in [0.05, 0.1) is 11.6 Å². The van der Waals surface area contributed by atoms with Crippen molar-refractivity contribution >= 4 is 32.5 Å². The molecule has 2 heterocycles. The third kappa shape index (κ3) is 4.75. The summed E-state index contributed by atoms with van der Waals surface area (Å²) in [6, 6.07) is 10.7. The predicted octanol–water partition coefficient (Wildman–Crippen LogP) is 6.61. The van der Waals surface area contributed by atoms with Crippen molar-refractivity contribution < 1.29 is 9.50 Å². The van der Waals surface area contributed by atoms with E-state index >= 15 is 0 Å². The lowest BCUT2D eigenvalue weighted by Gasteiger charge is -2.21. The average molecular weight is 509 g/mol. The first kappa shape index (κ1) is 23.3. The molecular formula is C26H26BrFN4O. The van der Waals surface area contributed by atoms with Crippen molar-refractivity contribution in [1.29, 1.82) is 0 Å². The lowest BCUT2D eigenvalue weighted by molar-refractivity contribution is 0.0687. The van der Waals surface area contributed by atoms with Crippen LogP contribution in [0.3, 0.4) is 0 Å². The Hall–Kier alpha value is -2.90. The molecule has 4 aromatic rings. The van der Waals surface area contributed by atoms with Crippen LogP contribution in [0.5, 0.6) is 0 Å². The van der Waals surface area contributed by atoms with Crippen LogP contribution in [0.1, 0.15) is 49.5 Å². The Morgan fingerprint density at radius 3 is 2.39 bits per heavy atom. The molecule has 0 radical (unpaired) electrons. The van der Waals surface area contributed by atoms with Crippen molar-refractivity contribution in [3.05, 3.63) is 81.7 Å². The minimum Gasteiger partial charge on any atom is -0.382 e. The summed E-state index contributed by atoms with van der Waals surface area (Å²) in [4.78, 5) is 13.4. The number of nitrogens with one attached hydrogen (secondary N) is 1. The van der Waals surface area contributed by atoms with Crippen molar-refractivity contribution in [3.63, 3.8) is 0 Å². The maximum absolute atomic E-state index is 14.5. The summed E-state index contributed by atoms with van der Waals surface area (Å²) in [7, 11) is 0. The molecule has 33 heavy (non-hydrogen) atoms. The first-order chi connectivity index (χ1) is 15.5. The van der Waals surface area contributed by atoms with Gasteiger partial charge in [0.25, 0.3) is 0 Å². The van der Waals surface area contributed by atoms with Crippen molar-refractivity contribution in [2.75, 3.05) is 5.32 Å². The first-order valence-electron chi connectivity index (χ1n) is 10.7. The number of pyridine rings is 1. The van der Waals surface area contributed by atoms with E-state index in [2.05, 4.69) is 31.2 Å².